The van der Waals surface area contributed by atoms with Gasteiger partial charge in [-0.25, -0.2) is 0 Å². The first-order valence-electron chi connectivity index (χ1n) is 5.53. The maximum atomic E-state index is 10.6. The molecule has 3 fully saturated rings. The van der Waals surface area contributed by atoms with Crippen molar-refractivity contribution < 1.29 is 10.2 Å². The zero-order valence-corrected chi connectivity index (χ0v) is 8.00. The second-order valence-corrected chi connectivity index (χ2v) is 5.44. The van der Waals surface area contributed by atoms with Crippen LogP contribution in [0.1, 0.15) is 38.5 Å². The maximum absolute atomic E-state index is 10.6. The van der Waals surface area contributed by atoms with Gasteiger partial charge in [-0.05, 0) is 50.4 Å². The van der Waals surface area contributed by atoms with E-state index in [2.05, 4.69) is 0 Å². The molecule has 74 valence electrons. The van der Waals surface area contributed by atoms with Gasteiger partial charge in [0.05, 0.1) is 12.2 Å². The van der Waals surface area contributed by atoms with Crippen LogP contribution in [-0.2, 0) is 0 Å². The molecule has 0 aromatic carbocycles. The third-order valence-electron chi connectivity index (χ3n) is 4.89. The number of hydrogen-bond acceptors (Lipinski definition) is 2. The normalized spacial score (nSPS) is 51.2. The van der Waals surface area contributed by atoms with E-state index in [1.807, 2.05) is 0 Å². The fourth-order valence-electron chi connectivity index (χ4n) is 3.83. The van der Waals surface area contributed by atoms with Gasteiger partial charge >= 0.3 is 0 Å². The van der Waals surface area contributed by atoms with Crippen molar-refractivity contribution in [3.8, 4) is 0 Å². The lowest BCUT2D eigenvalue weighted by molar-refractivity contribution is -0.0947. The highest BCUT2D eigenvalue weighted by Gasteiger charge is 2.65. The summed E-state index contributed by atoms with van der Waals surface area (Å²) in [7, 11) is 0. The SMILES string of the molecule is OCC1(C2(O)CC3CCC2C3)CC1. The van der Waals surface area contributed by atoms with Crippen LogP contribution in [0.15, 0.2) is 0 Å². The Morgan fingerprint density at radius 2 is 2.00 bits per heavy atom. The quantitative estimate of drug-likeness (QED) is 0.676. The second kappa shape index (κ2) is 2.29. The molecule has 2 N–H and O–H groups in total. The van der Waals surface area contributed by atoms with Crippen molar-refractivity contribution in [1.82, 2.24) is 0 Å². The van der Waals surface area contributed by atoms with Crippen LogP contribution in [0.4, 0.5) is 0 Å². The minimum Gasteiger partial charge on any atom is -0.396 e. The molecule has 13 heavy (non-hydrogen) atoms. The number of aliphatic hydroxyl groups is 2. The summed E-state index contributed by atoms with van der Waals surface area (Å²) in [4.78, 5) is 0. The van der Waals surface area contributed by atoms with Crippen LogP contribution in [-0.4, -0.2) is 22.4 Å². The van der Waals surface area contributed by atoms with Gasteiger partial charge in [-0.1, -0.05) is 0 Å². The molecular weight excluding hydrogens is 164 g/mol. The Labute approximate surface area is 79.0 Å². The van der Waals surface area contributed by atoms with E-state index in [9.17, 15) is 10.2 Å². The average molecular weight is 182 g/mol. The summed E-state index contributed by atoms with van der Waals surface area (Å²) in [5.74, 6) is 1.27. The van der Waals surface area contributed by atoms with E-state index in [0.29, 0.717) is 5.92 Å². The van der Waals surface area contributed by atoms with Crippen LogP contribution in [0.2, 0.25) is 0 Å². The smallest absolute Gasteiger partial charge is 0.0756 e. The van der Waals surface area contributed by atoms with E-state index in [4.69, 9.17) is 0 Å². The number of rotatable bonds is 2. The van der Waals surface area contributed by atoms with Crippen molar-refractivity contribution in [2.45, 2.75) is 44.1 Å². The fraction of sp³-hybridized carbons (Fsp3) is 1.00. The zero-order chi connectivity index (χ0) is 9.10. The van der Waals surface area contributed by atoms with Gasteiger partial charge in [-0.2, -0.15) is 0 Å². The van der Waals surface area contributed by atoms with Gasteiger partial charge < -0.3 is 10.2 Å². The van der Waals surface area contributed by atoms with E-state index in [1.54, 1.807) is 0 Å². The van der Waals surface area contributed by atoms with Crippen LogP contribution in [0.5, 0.6) is 0 Å². The van der Waals surface area contributed by atoms with Crippen molar-refractivity contribution in [3.63, 3.8) is 0 Å². The topological polar surface area (TPSA) is 40.5 Å². The first-order chi connectivity index (χ1) is 6.20. The molecular formula is C11H18O2. The van der Waals surface area contributed by atoms with E-state index in [-0.39, 0.29) is 12.0 Å². The molecule has 3 unspecified atom stereocenters. The van der Waals surface area contributed by atoms with Crippen molar-refractivity contribution in [1.29, 1.82) is 0 Å². The van der Waals surface area contributed by atoms with Crippen LogP contribution in [0, 0.1) is 17.3 Å². The monoisotopic (exact) mass is 182 g/mol. The molecule has 3 rings (SSSR count). The molecule has 2 nitrogen and oxygen atoms in total. The van der Waals surface area contributed by atoms with E-state index >= 15 is 0 Å². The summed E-state index contributed by atoms with van der Waals surface area (Å²) < 4.78 is 0. The molecule has 2 bridgehead atoms. The first kappa shape index (κ1) is 8.25. The number of aliphatic hydroxyl groups excluding tert-OH is 1. The predicted molar refractivity (Wildman–Crippen MR) is 49.2 cm³/mol. The third kappa shape index (κ3) is 0.861. The lowest BCUT2D eigenvalue weighted by Crippen LogP contribution is -2.46. The summed E-state index contributed by atoms with van der Waals surface area (Å²) in [5, 5.41) is 20.0. The lowest BCUT2D eigenvalue weighted by atomic mass is 9.73. The summed E-state index contributed by atoms with van der Waals surface area (Å²) in [6.07, 6.45) is 6.79. The lowest BCUT2D eigenvalue weighted by Gasteiger charge is -2.39. The Morgan fingerprint density at radius 3 is 2.38 bits per heavy atom. The van der Waals surface area contributed by atoms with Gasteiger partial charge in [0.2, 0.25) is 0 Å². The van der Waals surface area contributed by atoms with Crippen molar-refractivity contribution >= 4 is 0 Å². The maximum Gasteiger partial charge on any atom is 0.0756 e. The molecule has 0 aliphatic heterocycles. The second-order valence-electron chi connectivity index (χ2n) is 5.44. The molecule has 3 aliphatic carbocycles. The fourth-order valence-corrected chi connectivity index (χ4v) is 3.83. The Morgan fingerprint density at radius 1 is 1.23 bits per heavy atom. The van der Waals surface area contributed by atoms with E-state index < -0.39 is 5.60 Å². The molecule has 3 aliphatic rings. The average Bonchev–Trinajstić information content (AvgIpc) is 2.72. The van der Waals surface area contributed by atoms with Crippen LogP contribution < -0.4 is 0 Å². The zero-order valence-electron chi connectivity index (χ0n) is 8.00. The molecule has 0 saturated heterocycles. The summed E-state index contributed by atoms with van der Waals surface area (Å²) in [6.45, 7) is 0.201. The Hall–Kier alpha value is -0.0800. The molecule has 3 saturated carbocycles. The van der Waals surface area contributed by atoms with Crippen LogP contribution in [0.25, 0.3) is 0 Å². The van der Waals surface area contributed by atoms with Gasteiger partial charge in [0.25, 0.3) is 0 Å². The molecule has 0 aromatic rings. The van der Waals surface area contributed by atoms with Crippen LogP contribution in [0.3, 0.4) is 0 Å². The summed E-state index contributed by atoms with van der Waals surface area (Å²) >= 11 is 0. The minimum absolute atomic E-state index is 0.0766. The Kier molecular flexibility index (Phi) is 1.45. The van der Waals surface area contributed by atoms with Crippen molar-refractivity contribution in [2.24, 2.45) is 17.3 Å². The van der Waals surface area contributed by atoms with Gasteiger partial charge in [0, 0.05) is 5.41 Å². The van der Waals surface area contributed by atoms with Crippen LogP contribution >= 0.6 is 0 Å². The molecule has 0 spiro atoms. The van der Waals surface area contributed by atoms with E-state index in [0.717, 1.165) is 25.2 Å². The minimum atomic E-state index is -0.481. The molecule has 0 heterocycles. The Bertz CT molecular complexity index is 234. The standard InChI is InChI=1S/C11H18O2/c12-7-10(3-4-10)11(13)6-8-1-2-9(11)5-8/h8-9,12-13H,1-7H2. The van der Waals surface area contributed by atoms with Gasteiger partial charge in [-0.3, -0.25) is 0 Å². The third-order valence-corrected chi connectivity index (χ3v) is 4.89. The van der Waals surface area contributed by atoms with Gasteiger partial charge in [0.15, 0.2) is 0 Å². The van der Waals surface area contributed by atoms with Gasteiger partial charge in [0.1, 0.15) is 0 Å². The summed E-state index contributed by atoms with van der Waals surface area (Å²) in [5.41, 5.74) is -0.558. The van der Waals surface area contributed by atoms with Crippen molar-refractivity contribution in [3.05, 3.63) is 0 Å². The Balaban J connectivity index is 1.89. The van der Waals surface area contributed by atoms with Crippen molar-refractivity contribution in [2.75, 3.05) is 6.61 Å². The predicted octanol–water partition coefficient (Wildman–Crippen LogP) is 1.31. The number of hydrogen-bond donors (Lipinski definition) is 2. The highest BCUT2D eigenvalue weighted by atomic mass is 16.3. The highest BCUT2D eigenvalue weighted by Crippen LogP contribution is 2.65. The highest BCUT2D eigenvalue weighted by molar-refractivity contribution is 5.16. The molecule has 0 radical (unpaired) electrons. The first-order valence-corrected chi connectivity index (χ1v) is 5.53. The molecule has 2 heteroatoms. The molecule has 0 aromatic heterocycles. The van der Waals surface area contributed by atoms with Gasteiger partial charge in [-0.15, -0.1) is 0 Å². The largest absolute Gasteiger partial charge is 0.396 e. The molecule has 0 amide bonds. The van der Waals surface area contributed by atoms with E-state index in [1.165, 1.54) is 19.3 Å². The molecule has 3 atom stereocenters. The number of fused-ring (bicyclic) bond motifs is 2. The summed E-state index contributed by atoms with van der Waals surface area (Å²) in [6, 6.07) is 0.